The molecule has 0 aromatic heterocycles. The molecular weight excluding hydrogens is 256 g/mol. The van der Waals surface area contributed by atoms with Crippen molar-refractivity contribution in [3.8, 4) is 0 Å². The number of sulfonamides is 1. The number of thioether (sulfide) groups is 1. The molecule has 0 bridgehead atoms. The van der Waals surface area contributed by atoms with Crippen molar-refractivity contribution in [3.05, 3.63) is 29.8 Å². The summed E-state index contributed by atoms with van der Waals surface area (Å²) in [7, 11) is -3.82. The van der Waals surface area contributed by atoms with Gasteiger partial charge in [-0.15, -0.1) is 11.8 Å². The Kier molecular flexibility index (Phi) is 3.18. The predicted molar refractivity (Wildman–Crippen MR) is 57.6 cm³/mol. The minimum absolute atomic E-state index is 0.319. The van der Waals surface area contributed by atoms with Crippen LogP contribution >= 0.6 is 11.8 Å². The zero-order valence-electron chi connectivity index (χ0n) is 8.19. The second kappa shape index (κ2) is 4.31. The van der Waals surface area contributed by atoms with Gasteiger partial charge in [-0.25, -0.2) is 17.2 Å². The molecule has 0 saturated carbocycles. The number of hydrogen-bond donors (Lipinski definition) is 0. The number of rotatable bonds is 2. The average Bonchev–Trinajstić information content (AvgIpc) is 2.69. The Labute approximate surface area is 96.5 Å². The van der Waals surface area contributed by atoms with Crippen LogP contribution in [-0.4, -0.2) is 30.9 Å². The molecule has 16 heavy (non-hydrogen) atoms. The van der Waals surface area contributed by atoms with E-state index in [4.69, 9.17) is 0 Å². The van der Waals surface area contributed by atoms with E-state index in [1.54, 1.807) is 0 Å². The summed E-state index contributed by atoms with van der Waals surface area (Å²) < 4.78 is 51.0. The molecule has 1 heterocycles. The van der Waals surface area contributed by atoms with Crippen molar-refractivity contribution in [2.45, 2.75) is 4.90 Å². The van der Waals surface area contributed by atoms with E-state index in [2.05, 4.69) is 0 Å². The second-order valence-electron chi connectivity index (χ2n) is 3.29. The highest BCUT2D eigenvalue weighted by molar-refractivity contribution is 8.00. The van der Waals surface area contributed by atoms with Crippen LogP contribution in [-0.2, 0) is 10.0 Å². The Hall–Kier alpha value is -0.660. The highest BCUT2D eigenvalue weighted by Gasteiger charge is 2.29. The van der Waals surface area contributed by atoms with Crippen LogP contribution in [0, 0.1) is 11.6 Å². The van der Waals surface area contributed by atoms with Crippen molar-refractivity contribution in [2.24, 2.45) is 0 Å². The quantitative estimate of drug-likeness (QED) is 0.816. The first-order valence-electron chi connectivity index (χ1n) is 4.55. The van der Waals surface area contributed by atoms with Crippen molar-refractivity contribution in [1.82, 2.24) is 4.31 Å². The summed E-state index contributed by atoms with van der Waals surface area (Å²) in [6.45, 7) is 0.365. The number of hydrogen-bond acceptors (Lipinski definition) is 3. The van der Waals surface area contributed by atoms with Gasteiger partial charge in [0.05, 0.1) is 5.88 Å². The smallest absolute Gasteiger partial charge is 0.207 e. The van der Waals surface area contributed by atoms with E-state index in [0.717, 1.165) is 12.1 Å². The fourth-order valence-corrected chi connectivity index (χ4v) is 4.27. The standard InChI is InChI=1S/C9H9F2NO2S2/c10-7-1-2-9(8(11)5-7)16(13,14)12-3-4-15-6-12/h1-2,5H,3-4,6H2. The lowest BCUT2D eigenvalue weighted by Crippen LogP contribution is -2.28. The van der Waals surface area contributed by atoms with Gasteiger partial charge in [-0.05, 0) is 12.1 Å². The molecule has 3 nitrogen and oxygen atoms in total. The third kappa shape index (κ3) is 2.07. The first-order valence-corrected chi connectivity index (χ1v) is 7.14. The molecule has 1 aliphatic rings. The van der Waals surface area contributed by atoms with Crippen LogP contribution in [0.2, 0.25) is 0 Å². The minimum atomic E-state index is -3.82. The summed E-state index contributed by atoms with van der Waals surface area (Å²) in [6.07, 6.45) is 0. The van der Waals surface area contributed by atoms with Crippen molar-refractivity contribution in [1.29, 1.82) is 0 Å². The molecule has 0 amide bonds. The van der Waals surface area contributed by atoms with E-state index in [9.17, 15) is 17.2 Å². The highest BCUT2D eigenvalue weighted by Crippen LogP contribution is 2.25. The average molecular weight is 265 g/mol. The molecule has 1 saturated heterocycles. The van der Waals surface area contributed by atoms with Crippen LogP contribution in [0.4, 0.5) is 8.78 Å². The van der Waals surface area contributed by atoms with Gasteiger partial charge in [0, 0.05) is 18.4 Å². The van der Waals surface area contributed by atoms with Crippen LogP contribution < -0.4 is 0 Å². The van der Waals surface area contributed by atoms with Gasteiger partial charge in [0.15, 0.2) is 0 Å². The number of nitrogens with zero attached hydrogens (tertiary/aromatic N) is 1. The Balaban J connectivity index is 2.42. The monoisotopic (exact) mass is 265 g/mol. The molecule has 0 unspecified atom stereocenters. The van der Waals surface area contributed by atoms with E-state index in [0.29, 0.717) is 24.2 Å². The fraction of sp³-hybridized carbons (Fsp3) is 0.333. The van der Waals surface area contributed by atoms with Gasteiger partial charge >= 0.3 is 0 Å². The van der Waals surface area contributed by atoms with E-state index in [1.165, 1.54) is 16.1 Å². The SMILES string of the molecule is O=S(=O)(c1ccc(F)cc1F)N1CCSC1. The first-order chi connectivity index (χ1) is 7.51. The van der Waals surface area contributed by atoms with Crippen molar-refractivity contribution >= 4 is 21.8 Å². The van der Waals surface area contributed by atoms with Gasteiger partial charge in [0.25, 0.3) is 0 Å². The van der Waals surface area contributed by atoms with Gasteiger partial charge < -0.3 is 0 Å². The van der Waals surface area contributed by atoms with Gasteiger partial charge in [-0.2, -0.15) is 4.31 Å². The van der Waals surface area contributed by atoms with Crippen LogP contribution in [0.1, 0.15) is 0 Å². The van der Waals surface area contributed by atoms with E-state index in [-0.39, 0.29) is 0 Å². The zero-order valence-corrected chi connectivity index (χ0v) is 9.82. The molecule has 7 heteroatoms. The molecule has 0 aliphatic carbocycles. The lowest BCUT2D eigenvalue weighted by atomic mass is 10.3. The molecule has 1 fully saturated rings. The second-order valence-corrected chi connectivity index (χ2v) is 6.27. The van der Waals surface area contributed by atoms with Crippen molar-refractivity contribution < 1.29 is 17.2 Å². The summed E-state index contributed by atoms with van der Waals surface area (Å²) in [5.74, 6) is -0.814. The van der Waals surface area contributed by atoms with Crippen LogP contribution in [0.3, 0.4) is 0 Å². The van der Waals surface area contributed by atoms with Gasteiger partial charge in [-0.1, -0.05) is 0 Å². The summed E-state index contributed by atoms with van der Waals surface area (Å²) >= 11 is 1.46. The van der Waals surface area contributed by atoms with E-state index in [1.807, 2.05) is 0 Å². The maximum absolute atomic E-state index is 13.3. The predicted octanol–water partition coefficient (Wildman–Crippen LogP) is 1.66. The first kappa shape index (κ1) is 11.8. The summed E-state index contributed by atoms with van der Waals surface area (Å²) in [4.78, 5) is -0.462. The molecule has 1 aliphatic heterocycles. The van der Waals surface area contributed by atoms with Crippen LogP contribution in [0.25, 0.3) is 0 Å². The molecule has 88 valence electrons. The molecule has 0 radical (unpaired) electrons. The third-order valence-electron chi connectivity index (χ3n) is 2.23. The normalized spacial score (nSPS) is 17.9. The lowest BCUT2D eigenvalue weighted by molar-refractivity contribution is 0.479. The summed E-state index contributed by atoms with van der Waals surface area (Å²) in [5, 5.41) is 0. The van der Waals surface area contributed by atoms with Crippen LogP contribution in [0.15, 0.2) is 23.1 Å². The molecule has 1 aromatic carbocycles. The van der Waals surface area contributed by atoms with Crippen LogP contribution in [0.5, 0.6) is 0 Å². The summed E-state index contributed by atoms with van der Waals surface area (Å²) in [5.41, 5.74) is 0. The molecule has 0 spiro atoms. The molecule has 2 rings (SSSR count). The lowest BCUT2D eigenvalue weighted by Gasteiger charge is -2.14. The molecule has 1 aromatic rings. The molecular formula is C9H9F2NO2S2. The fourth-order valence-electron chi connectivity index (χ4n) is 1.41. The van der Waals surface area contributed by atoms with Crippen molar-refractivity contribution in [3.63, 3.8) is 0 Å². The Morgan fingerprint density at radius 2 is 2.06 bits per heavy atom. The van der Waals surface area contributed by atoms with E-state index < -0.39 is 26.6 Å². The number of halogens is 2. The Bertz CT molecular complexity index is 498. The Morgan fingerprint density at radius 1 is 1.31 bits per heavy atom. The number of benzene rings is 1. The van der Waals surface area contributed by atoms with Gasteiger partial charge in [-0.3, -0.25) is 0 Å². The molecule has 0 atom stereocenters. The van der Waals surface area contributed by atoms with Gasteiger partial charge in [0.2, 0.25) is 10.0 Å². The Morgan fingerprint density at radius 3 is 2.62 bits per heavy atom. The summed E-state index contributed by atoms with van der Waals surface area (Å²) in [6, 6.07) is 2.48. The van der Waals surface area contributed by atoms with Gasteiger partial charge in [0.1, 0.15) is 16.5 Å². The third-order valence-corrected chi connectivity index (χ3v) is 5.24. The zero-order chi connectivity index (χ0) is 11.8. The minimum Gasteiger partial charge on any atom is -0.207 e. The molecule has 0 N–H and O–H groups in total. The maximum Gasteiger partial charge on any atom is 0.246 e. The highest BCUT2D eigenvalue weighted by atomic mass is 32.2. The van der Waals surface area contributed by atoms with Crippen molar-refractivity contribution in [2.75, 3.05) is 18.2 Å². The largest absolute Gasteiger partial charge is 0.246 e. The maximum atomic E-state index is 13.3. The topological polar surface area (TPSA) is 37.4 Å². The van der Waals surface area contributed by atoms with E-state index >= 15 is 0 Å².